The van der Waals surface area contributed by atoms with Gasteiger partial charge in [0.2, 0.25) is 0 Å². The van der Waals surface area contributed by atoms with E-state index in [0.29, 0.717) is 10.8 Å². The van der Waals surface area contributed by atoms with Crippen LogP contribution in [0, 0.1) is 23.2 Å². The van der Waals surface area contributed by atoms with E-state index in [9.17, 15) is 0 Å². The lowest BCUT2D eigenvalue weighted by Crippen LogP contribution is -2.36. The highest BCUT2D eigenvalue weighted by atomic mass is 35.5. The maximum absolute atomic E-state index is 6.60. The molecule has 1 heteroatoms. The Labute approximate surface area is 114 Å². The Hall–Kier alpha value is 0.290. The highest BCUT2D eigenvalue weighted by molar-refractivity contribution is 6.20. The lowest BCUT2D eigenvalue weighted by molar-refractivity contribution is 0.127. The van der Waals surface area contributed by atoms with Crippen molar-refractivity contribution in [3.8, 4) is 0 Å². The molecule has 0 radical (unpaired) electrons. The fourth-order valence-corrected chi connectivity index (χ4v) is 4.11. The average Bonchev–Trinajstić information content (AvgIpc) is 2.15. The third-order valence-corrected chi connectivity index (χ3v) is 5.12. The molecule has 1 fully saturated rings. The molecule has 0 saturated heterocycles. The molecule has 0 nitrogen and oxygen atoms in total. The van der Waals surface area contributed by atoms with Gasteiger partial charge in [-0.2, -0.15) is 0 Å². The van der Waals surface area contributed by atoms with Crippen molar-refractivity contribution >= 4 is 11.6 Å². The molecular weight excluding hydrogens is 228 g/mol. The molecule has 3 unspecified atom stereocenters. The van der Waals surface area contributed by atoms with Crippen LogP contribution < -0.4 is 0 Å². The van der Waals surface area contributed by atoms with E-state index in [0.717, 1.165) is 17.8 Å². The summed E-state index contributed by atoms with van der Waals surface area (Å²) in [6, 6.07) is 0. The topological polar surface area (TPSA) is 0 Å². The van der Waals surface area contributed by atoms with Gasteiger partial charge in [-0.15, -0.1) is 11.6 Å². The fraction of sp³-hybridized carbons (Fsp3) is 1.00. The largest absolute Gasteiger partial charge is 0.123 e. The Balaban J connectivity index is 2.45. The van der Waals surface area contributed by atoms with Gasteiger partial charge >= 0.3 is 0 Å². The van der Waals surface area contributed by atoms with Gasteiger partial charge in [-0.1, -0.05) is 53.9 Å². The Bertz CT molecular complexity index is 220. The summed E-state index contributed by atoms with van der Waals surface area (Å²) in [5, 5.41) is 0.410. The van der Waals surface area contributed by atoms with Gasteiger partial charge in [-0.3, -0.25) is 0 Å². The molecule has 0 aromatic heterocycles. The second-order valence-corrected chi connectivity index (χ2v) is 7.88. The molecule has 0 N–H and O–H groups in total. The van der Waals surface area contributed by atoms with Gasteiger partial charge < -0.3 is 0 Å². The van der Waals surface area contributed by atoms with Crippen LogP contribution in [0.25, 0.3) is 0 Å². The van der Waals surface area contributed by atoms with Crippen LogP contribution in [0.2, 0.25) is 0 Å². The minimum atomic E-state index is 0.410. The Morgan fingerprint density at radius 2 is 1.88 bits per heavy atom. The molecule has 1 saturated carbocycles. The lowest BCUT2D eigenvalue weighted by Gasteiger charge is -2.42. The van der Waals surface area contributed by atoms with Gasteiger partial charge in [0.15, 0.2) is 0 Å². The molecule has 0 aliphatic heterocycles. The summed E-state index contributed by atoms with van der Waals surface area (Å²) in [6.45, 7) is 11.9. The van der Waals surface area contributed by atoms with E-state index in [4.69, 9.17) is 11.6 Å². The second-order valence-electron chi connectivity index (χ2n) is 7.32. The van der Waals surface area contributed by atoms with Gasteiger partial charge in [-0.25, -0.2) is 0 Å². The van der Waals surface area contributed by atoms with Crippen molar-refractivity contribution < 1.29 is 0 Å². The molecule has 0 heterocycles. The first kappa shape index (κ1) is 15.3. The third kappa shape index (κ3) is 4.81. The molecule has 1 aliphatic carbocycles. The smallest absolute Gasteiger partial charge is 0.0371 e. The van der Waals surface area contributed by atoms with Crippen LogP contribution in [0.1, 0.15) is 73.1 Å². The molecule has 102 valence electrons. The summed E-state index contributed by atoms with van der Waals surface area (Å²) >= 11 is 6.60. The average molecular weight is 259 g/mol. The summed E-state index contributed by atoms with van der Waals surface area (Å²) in [4.78, 5) is 0. The van der Waals surface area contributed by atoms with Crippen LogP contribution in [-0.2, 0) is 0 Å². The fourth-order valence-electron chi connectivity index (χ4n) is 3.34. The van der Waals surface area contributed by atoms with Crippen LogP contribution in [-0.4, -0.2) is 5.38 Å². The molecule has 0 amide bonds. The van der Waals surface area contributed by atoms with Crippen molar-refractivity contribution in [3.05, 3.63) is 0 Å². The van der Waals surface area contributed by atoms with Crippen LogP contribution in [0.5, 0.6) is 0 Å². The van der Waals surface area contributed by atoms with Crippen molar-refractivity contribution in [1.29, 1.82) is 0 Å². The zero-order chi connectivity index (χ0) is 13.1. The zero-order valence-electron chi connectivity index (χ0n) is 12.4. The van der Waals surface area contributed by atoms with Gasteiger partial charge in [0.25, 0.3) is 0 Å². The highest BCUT2D eigenvalue weighted by Gasteiger charge is 2.37. The van der Waals surface area contributed by atoms with Gasteiger partial charge in [0.05, 0.1) is 0 Å². The summed E-state index contributed by atoms with van der Waals surface area (Å²) < 4.78 is 0. The van der Waals surface area contributed by atoms with Crippen molar-refractivity contribution in [1.82, 2.24) is 0 Å². The summed E-state index contributed by atoms with van der Waals surface area (Å²) in [6.07, 6.45) is 8.00. The van der Waals surface area contributed by atoms with Gasteiger partial charge in [-0.05, 0) is 42.4 Å². The first-order chi connectivity index (χ1) is 7.83. The van der Waals surface area contributed by atoms with Crippen molar-refractivity contribution in [2.24, 2.45) is 23.2 Å². The van der Waals surface area contributed by atoms with Crippen LogP contribution in [0.3, 0.4) is 0 Å². The minimum Gasteiger partial charge on any atom is -0.123 e. The maximum Gasteiger partial charge on any atom is 0.0371 e. The molecule has 1 aliphatic rings. The molecule has 0 aromatic carbocycles. The first-order valence-electron chi connectivity index (χ1n) is 7.47. The standard InChI is InChI=1S/C16H31Cl/c1-12(2)7-6-10-16(4,5)14-9-8-13(3)11-15(14)17/h12-15H,6-11H2,1-5H3. The monoisotopic (exact) mass is 258 g/mol. The third-order valence-electron chi connectivity index (χ3n) is 4.64. The van der Waals surface area contributed by atoms with Crippen molar-refractivity contribution in [3.63, 3.8) is 0 Å². The summed E-state index contributed by atoms with van der Waals surface area (Å²) in [5.41, 5.74) is 0.432. The van der Waals surface area contributed by atoms with Gasteiger partial charge in [0, 0.05) is 5.38 Å². The van der Waals surface area contributed by atoms with E-state index >= 15 is 0 Å². The zero-order valence-corrected chi connectivity index (χ0v) is 13.2. The normalized spacial score (nSPS) is 30.9. The number of alkyl halides is 1. The highest BCUT2D eigenvalue weighted by Crippen LogP contribution is 2.45. The SMILES string of the molecule is CC(C)CCCC(C)(C)C1CCC(C)CC1Cl. The molecule has 1 rings (SSSR count). The Morgan fingerprint density at radius 1 is 1.24 bits per heavy atom. The van der Waals surface area contributed by atoms with E-state index in [-0.39, 0.29) is 0 Å². The number of rotatable bonds is 5. The maximum atomic E-state index is 6.60. The quantitative estimate of drug-likeness (QED) is 0.540. The van der Waals surface area contributed by atoms with Crippen LogP contribution in [0.4, 0.5) is 0 Å². The Kier molecular flexibility index (Phi) is 5.83. The molecule has 0 spiro atoms. The molecule has 17 heavy (non-hydrogen) atoms. The summed E-state index contributed by atoms with van der Waals surface area (Å²) in [5.74, 6) is 2.40. The van der Waals surface area contributed by atoms with E-state index in [2.05, 4.69) is 34.6 Å². The van der Waals surface area contributed by atoms with Crippen LogP contribution >= 0.6 is 11.6 Å². The molecule has 0 bridgehead atoms. The molecule has 0 aromatic rings. The number of hydrogen-bond acceptors (Lipinski definition) is 0. The molecule has 3 atom stereocenters. The minimum absolute atomic E-state index is 0.410. The van der Waals surface area contributed by atoms with Crippen LogP contribution in [0.15, 0.2) is 0 Å². The first-order valence-corrected chi connectivity index (χ1v) is 7.90. The predicted molar refractivity (Wildman–Crippen MR) is 78.6 cm³/mol. The Morgan fingerprint density at radius 3 is 2.41 bits per heavy atom. The molecular formula is C16H31Cl. The van der Waals surface area contributed by atoms with E-state index in [1.54, 1.807) is 0 Å². The second kappa shape index (κ2) is 6.45. The summed E-state index contributed by atoms with van der Waals surface area (Å²) in [7, 11) is 0. The van der Waals surface area contributed by atoms with Gasteiger partial charge in [0.1, 0.15) is 0 Å². The number of hydrogen-bond donors (Lipinski definition) is 0. The lowest BCUT2D eigenvalue weighted by atomic mass is 9.66. The van der Waals surface area contributed by atoms with E-state index in [1.165, 1.54) is 38.5 Å². The predicted octanol–water partition coefficient (Wildman–Crippen LogP) is 5.88. The van der Waals surface area contributed by atoms with E-state index < -0.39 is 0 Å². The van der Waals surface area contributed by atoms with Crippen molar-refractivity contribution in [2.75, 3.05) is 0 Å². The number of halogens is 1. The van der Waals surface area contributed by atoms with Crippen molar-refractivity contribution in [2.45, 2.75) is 78.5 Å². The van der Waals surface area contributed by atoms with E-state index in [1.807, 2.05) is 0 Å².